The molecule has 4 rings (SSSR count). The summed E-state index contributed by atoms with van der Waals surface area (Å²) in [6, 6.07) is 12.7. The summed E-state index contributed by atoms with van der Waals surface area (Å²) in [5.74, 6) is 0. The zero-order valence-electron chi connectivity index (χ0n) is 14.2. The number of aliphatic hydroxyl groups excluding tert-OH is 4. The highest BCUT2D eigenvalue weighted by molar-refractivity contribution is 5.81. The van der Waals surface area contributed by atoms with Gasteiger partial charge in [-0.05, 0) is 34.9 Å². The molecule has 8 nitrogen and oxygen atoms in total. The van der Waals surface area contributed by atoms with Crippen molar-refractivity contribution in [1.82, 2.24) is 9.97 Å². The number of fused-ring (bicyclic) bond motifs is 1. The smallest absolute Gasteiger partial charge is 0.323 e. The normalized spacial score (nSPS) is 28.5. The maximum atomic E-state index is 11.4. The Hall–Kier alpha value is -2.49. The van der Waals surface area contributed by atoms with E-state index in [0.717, 1.165) is 11.1 Å². The summed E-state index contributed by atoms with van der Waals surface area (Å²) in [5.41, 5.74) is 3.38. The molecule has 0 saturated carbocycles. The number of aromatic amines is 2. The first-order valence-electron chi connectivity index (χ1n) is 8.61. The van der Waals surface area contributed by atoms with Crippen molar-refractivity contribution in [2.24, 2.45) is 0 Å². The van der Waals surface area contributed by atoms with Crippen LogP contribution in [-0.2, 0) is 4.74 Å². The number of H-pyrrole nitrogens is 2. The summed E-state index contributed by atoms with van der Waals surface area (Å²) in [6.45, 7) is -0.474. The molecular formula is C19H20N2O6. The van der Waals surface area contributed by atoms with Crippen LogP contribution in [0.3, 0.4) is 0 Å². The Morgan fingerprint density at radius 1 is 0.889 bits per heavy atom. The number of aromatic nitrogens is 2. The molecule has 5 atom stereocenters. The van der Waals surface area contributed by atoms with Gasteiger partial charge in [0, 0.05) is 0 Å². The molecule has 6 N–H and O–H groups in total. The highest BCUT2D eigenvalue weighted by Crippen LogP contribution is 2.34. The molecule has 0 spiro atoms. The highest BCUT2D eigenvalue weighted by atomic mass is 16.5. The van der Waals surface area contributed by atoms with Gasteiger partial charge in [0.15, 0.2) is 0 Å². The van der Waals surface area contributed by atoms with E-state index in [1.807, 2.05) is 18.2 Å². The van der Waals surface area contributed by atoms with Gasteiger partial charge in [0.25, 0.3) is 0 Å². The molecule has 142 valence electrons. The van der Waals surface area contributed by atoms with E-state index in [1.165, 1.54) is 0 Å². The highest BCUT2D eigenvalue weighted by Gasteiger charge is 2.43. The number of nitrogens with one attached hydrogen (secondary N) is 2. The third kappa shape index (κ3) is 3.18. The topological polar surface area (TPSA) is 139 Å². The second-order valence-corrected chi connectivity index (χ2v) is 6.71. The van der Waals surface area contributed by atoms with Gasteiger partial charge in [0.2, 0.25) is 0 Å². The summed E-state index contributed by atoms with van der Waals surface area (Å²) < 4.78 is 5.62. The van der Waals surface area contributed by atoms with Crippen LogP contribution >= 0.6 is 0 Å². The summed E-state index contributed by atoms with van der Waals surface area (Å²) in [6.07, 6.45) is -6.00. The van der Waals surface area contributed by atoms with Gasteiger partial charge in [0.1, 0.15) is 30.5 Å². The SMILES string of the molecule is O=c1[nH]c2ccc(-c3cccc([C@H]4O[C@H](CO)[C@@H](O)[C@H](O)[C@@H]4O)c3)cc2[nH]1. The van der Waals surface area contributed by atoms with Crippen molar-refractivity contribution in [2.45, 2.75) is 30.5 Å². The van der Waals surface area contributed by atoms with E-state index >= 15 is 0 Å². The maximum absolute atomic E-state index is 11.4. The Morgan fingerprint density at radius 2 is 1.63 bits per heavy atom. The van der Waals surface area contributed by atoms with Gasteiger partial charge in [-0.2, -0.15) is 0 Å². The van der Waals surface area contributed by atoms with Crippen LogP contribution in [0, 0.1) is 0 Å². The number of rotatable bonds is 3. The number of imidazole rings is 1. The zero-order chi connectivity index (χ0) is 19.1. The van der Waals surface area contributed by atoms with Crippen molar-refractivity contribution in [3.63, 3.8) is 0 Å². The maximum Gasteiger partial charge on any atom is 0.323 e. The number of hydrogen-bond donors (Lipinski definition) is 6. The van der Waals surface area contributed by atoms with E-state index in [0.29, 0.717) is 16.6 Å². The lowest BCUT2D eigenvalue weighted by molar-refractivity contribution is -0.231. The van der Waals surface area contributed by atoms with Gasteiger partial charge in [0.05, 0.1) is 17.6 Å². The molecule has 27 heavy (non-hydrogen) atoms. The Balaban J connectivity index is 1.69. The van der Waals surface area contributed by atoms with Gasteiger partial charge in [-0.25, -0.2) is 4.79 Å². The molecule has 1 aromatic heterocycles. The van der Waals surface area contributed by atoms with Gasteiger partial charge in [-0.1, -0.05) is 24.3 Å². The van der Waals surface area contributed by atoms with Gasteiger partial charge in [-0.15, -0.1) is 0 Å². The van der Waals surface area contributed by atoms with Crippen LogP contribution in [-0.4, -0.2) is 61.4 Å². The zero-order valence-corrected chi connectivity index (χ0v) is 14.2. The number of aliphatic hydroxyl groups is 4. The quantitative estimate of drug-likeness (QED) is 0.384. The molecule has 2 aromatic carbocycles. The largest absolute Gasteiger partial charge is 0.394 e. The first kappa shape index (κ1) is 17.9. The van der Waals surface area contributed by atoms with E-state index in [2.05, 4.69) is 9.97 Å². The molecule has 0 unspecified atom stereocenters. The molecule has 1 aliphatic heterocycles. The van der Waals surface area contributed by atoms with Crippen LogP contribution in [0.4, 0.5) is 0 Å². The van der Waals surface area contributed by atoms with E-state index in [4.69, 9.17) is 4.74 Å². The predicted molar refractivity (Wildman–Crippen MR) is 97.1 cm³/mol. The molecule has 3 aromatic rings. The van der Waals surface area contributed by atoms with E-state index in [1.54, 1.807) is 24.3 Å². The minimum Gasteiger partial charge on any atom is -0.394 e. The average Bonchev–Trinajstić information content (AvgIpc) is 3.05. The Bertz CT molecular complexity index is 1010. The fourth-order valence-electron chi connectivity index (χ4n) is 3.48. The van der Waals surface area contributed by atoms with Crippen molar-refractivity contribution >= 4 is 11.0 Å². The lowest BCUT2D eigenvalue weighted by Gasteiger charge is -2.40. The van der Waals surface area contributed by atoms with Crippen LogP contribution in [0.2, 0.25) is 0 Å². The molecule has 0 amide bonds. The molecule has 1 fully saturated rings. The fourth-order valence-corrected chi connectivity index (χ4v) is 3.48. The number of benzene rings is 2. The standard InChI is InChI=1S/C19H20N2O6/c22-8-14-15(23)16(24)17(25)18(27-14)11-3-1-2-9(6-11)10-4-5-12-13(7-10)21-19(26)20-12/h1-7,14-18,22-25H,8H2,(H2,20,21,26)/t14-,15-,16+,17+,18-/m1/s1. The van der Waals surface area contributed by atoms with Crippen molar-refractivity contribution < 1.29 is 25.2 Å². The first-order chi connectivity index (χ1) is 13.0. The molecule has 0 bridgehead atoms. The lowest BCUT2D eigenvalue weighted by atomic mass is 9.90. The molecule has 0 aliphatic carbocycles. The summed E-state index contributed by atoms with van der Waals surface area (Å²) >= 11 is 0. The molecule has 1 aliphatic rings. The second kappa shape index (κ2) is 6.91. The third-order valence-electron chi connectivity index (χ3n) is 4.96. The van der Waals surface area contributed by atoms with E-state index in [-0.39, 0.29) is 5.69 Å². The van der Waals surface area contributed by atoms with Crippen LogP contribution in [0.15, 0.2) is 47.3 Å². The van der Waals surface area contributed by atoms with E-state index < -0.39 is 37.1 Å². The summed E-state index contributed by atoms with van der Waals surface area (Å²) in [5, 5.41) is 39.6. The second-order valence-electron chi connectivity index (χ2n) is 6.71. The van der Waals surface area contributed by atoms with Gasteiger partial charge >= 0.3 is 5.69 Å². The average molecular weight is 372 g/mol. The molecule has 1 saturated heterocycles. The van der Waals surface area contributed by atoms with Crippen LogP contribution < -0.4 is 5.69 Å². The van der Waals surface area contributed by atoms with Crippen molar-refractivity contribution in [2.75, 3.05) is 6.61 Å². The van der Waals surface area contributed by atoms with Gasteiger partial charge < -0.3 is 35.1 Å². The Labute approximate surface area is 153 Å². The molecule has 8 heteroatoms. The van der Waals surface area contributed by atoms with Crippen LogP contribution in [0.1, 0.15) is 11.7 Å². The Morgan fingerprint density at radius 3 is 2.41 bits per heavy atom. The van der Waals surface area contributed by atoms with Gasteiger partial charge in [-0.3, -0.25) is 0 Å². The van der Waals surface area contributed by atoms with Crippen LogP contribution in [0.5, 0.6) is 0 Å². The van der Waals surface area contributed by atoms with E-state index in [9.17, 15) is 25.2 Å². The Kier molecular flexibility index (Phi) is 4.58. The number of ether oxygens (including phenoxy) is 1. The predicted octanol–water partition coefficient (Wildman–Crippen LogP) is 0.0381. The number of hydrogen-bond acceptors (Lipinski definition) is 6. The summed E-state index contributed by atoms with van der Waals surface area (Å²) in [7, 11) is 0. The van der Waals surface area contributed by atoms with Crippen LogP contribution in [0.25, 0.3) is 22.2 Å². The first-order valence-corrected chi connectivity index (χ1v) is 8.61. The molecule has 2 heterocycles. The minimum atomic E-state index is -1.43. The lowest BCUT2D eigenvalue weighted by Crippen LogP contribution is -2.55. The monoisotopic (exact) mass is 372 g/mol. The molecule has 0 radical (unpaired) electrons. The summed E-state index contributed by atoms with van der Waals surface area (Å²) in [4.78, 5) is 16.8. The third-order valence-corrected chi connectivity index (χ3v) is 4.96. The minimum absolute atomic E-state index is 0.280. The molecular weight excluding hydrogens is 352 g/mol. The fraction of sp³-hybridized carbons (Fsp3) is 0.316. The van der Waals surface area contributed by atoms with Crippen molar-refractivity contribution in [1.29, 1.82) is 0 Å². The van der Waals surface area contributed by atoms with Crippen molar-refractivity contribution in [3.05, 3.63) is 58.5 Å². The van der Waals surface area contributed by atoms with Crippen molar-refractivity contribution in [3.8, 4) is 11.1 Å².